The van der Waals surface area contributed by atoms with Crippen molar-refractivity contribution in [3.05, 3.63) is 0 Å². The number of rotatable bonds is 0. The van der Waals surface area contributed by atoms with E-state index >= 15 is 0 Å². The second-order valence-electron chi connectivity index (χ2n) is 5.40. The van der Waals surface area contributed by atoms with E-state index in [1.54, 1.807) is 38.5 Å². The van der Waals surface area contributed by atoms with E-state index in [-0.39, 0.29) is 5.12 Å². The Morgan fingerprint density at radius 1 is 0.857 bits per heavy atom. The van der Waals surface area contributed by atoms with Crippen molar-refractivity contribution in [1.82, 2.24) is 0 Å². The molecule has 0 radical (unpaired) electrons. The predicted octanol–water partition coefficient (Wildman–Crippen LogP) is 3.30. The van der Waals surface area contributed by atoms with Crippen LogP contribution in [0.3, 0.4) is 0 Å². The fourth-order valence-electron chi connectivity index (χ4n) is 3.98. The Labute approximate surface area is 92.1 Å². The van der Waals surface area contributed by atoms with Crippen LogP contribution >= 0.6 is 12.6 Å². The molecule has 1 nitrogen and oxygen atoms in total. The molecule has 0 heterocycles. The summed E-state index contributed by atoms with van der Waals surface area (Å²) in [6, 6.07) is 0. The highest BCUT2D eigenvalue weighted by molar-refractivity contribution is 7.96. The maximum Gasteiger partial charge on any atom is 0.182 e. The molecule has 4 aliphatic carbocycles. The van der Waals surface area contributed by atoms with Crippen molar-refractivity contribution in [3.63, 3.8) is 0 Å². The Hall–Kier alpha value is 0.0200. The Bertz CT molecular complexity index is 164. The van der Waals surface area contributed by atoms with Gasteiger partial charge in [0.2, 0.25) is 0 Å². The summed E-state index contributed by atoms with van der Waals surface area (Å²) in [5, 5.41) is -0.139. The third kappa shape index (κ3) is 2.53. The summed E-state index contributed by atoms with van der Waals surface area (Å²) in [5.41, 5.74) is 0. The smallest absolute Gasteiger partial charge is 0.182 e. The molecule has 0 aromatic heterocycles. The van der Waals surface area contributed by atoms with E-state index in [0.29, 0.717) is 0 Å². The van der Waals surface area contributed by atoms with Crippen molar-refractivity contribution < 1.29 is 4.79 Å². The highest BCUT2D eigenvalue weighted by atomic mass is 32.1. The maximum atomic E-state index is 9.31. The zero-order chi connectivity index (χ0) is 10.1. The monoisotopic (exact) mass is 212 g/mol. The first kappa shape index (κ1) is 10.5. The Balaban J connectivity index is 0.000000165. The van der Waals surface area contributed by atoms with E-state index in [1.165, 1.54) is 30.6 Å². The fourth-order valence-corrected chi connectivity index (χ4v) is 3.98. The third-order valence-corrected chi connectivity index (χ3v) is 4.00. The Morgan fingerprint density at radius 2 is 1.00 bits per heavy atom. The van der Waals surface area contributed by atoms with Gasteiger partial charge in [-0.05, 0) is 62.2 Å². The summed E-state index contributed by atoms with van der Waals surface area (Å²) < 4.78 is 0. The zero-order valence-electron chi connectivity index (χ0n) is 8.91. The minimum atomic E-state index is -0.139. The van der Waals surface area contributed by atoms with E-state index in [1.807, 2.05) is 0 Å². The lowest BCUT2D eigenvalue weighted by atomic mass is 9.56. The fraction of sp³-hybridized carbons (Fsp3) is 0.917. The summed E-state index contributed by atoms with van der Waals surface area (Å²) >= 11 is 3.33. The second-order valence-corrected chi connectivity index (χ2v) is 6.03. The first-order valence-electron chi connectivity index (χ1n) is 5.83. The van der Waals surface area contributed by atoms with Gasteiger partial charge in [-0.3, -0.25) is 4.79 Å². The van der Waals surface area contributed by atoms with Crippen molar-refractivity contribution in [1.29, 1.82) is 0 Å². The molecule has 0 aromatic rings. The molecule has 4 saturated carbocycles. The molecule has 0 unspecified atom stereocenters. The third-order valence-electron chi connectivity index (χ3n) is 4.00. The molecule has 0 spiro atoms. The summed E-state index contributed by atoms with van der Waals surface area (Å²) in [7, 11) is 0. The molecule has 0 aromatic carbocycles. The predicted molar refractivity (Wildman–Crippen MR) is 61.3 cm³/mol. The lowest BCUT2D eigenvalue weighted by Crippen LogP contribution is -2.38. The molecule has 0 saturated heterocycles. The van der Waals surface area contributed by atoms with Crippen LogP contribution in [0.2, 0.25) is 0 Å². The summed E-state index contributed by atoms with van der Waals surface area (Å²) in [6.45, 7) is 1.39. The summed E-state index contributed by atoms with van der Waals surface area (Å²) in [5.74, 6) is 4.71. The molecule has 4 fully saturated rings. The van der Waals surface area contributed by atoms with E-state index in [2.05, 4.69) is 12.6 Å². The number of thiol groups is 1. The van der Waals surface area contributed by atoms with Crippen LogP contribution in [0, 0.1) is 23.7 Å². The van der Waals surface area contributed by atoms with Gasteiger partial charge in [0.25, 0.3) is 0 Å². The van der Waals surface area contributed by atoms with Crippen molar-refractivity contribution in [2.24, 2.45) is 23.7 Å². The average molecular weight is 212 g/mol. The zero-order valence-corrected chi connectivity index (χ0v) is 9.80. The highest BCUT2D eigenvalue weighted by Gasteiger charge is 2.41. The number of carbonyl (C=O) groups excluding carboxylic acids is 1. The van der Waals surface area contributed by atoms with Crippen LogP contribution in [0.4, 0.5) is 0 Å². The van der Waals surface area contributed by atoms with Crippen LogP contribution < -0.4 is 0 Å². The van der Waals surface area contributed by atoms with Gasteiger partial charge in [0, 0.05) is 6.92 Å². The number of hydrogen-bond donors (Lipinski definition) is 1. The molecule has 4 bridgehead atoms. The molecule has 0 N–H and O–H groups in total. The molecular weight excluding hydrogens is 192 g/mol. The second kappa shape index (κ2) is 4.26. The van der Waals surface area contributed by atoms with Crippen LogP contribution in [0.1, 0.15) is 45.4 Å². The molecule has 0 atom stereocenters. The Kier molecular flexibility index (Phi) is 3.20. The maximum absolute atomic E-state index is 9.31. The van der Waals surface area contributed by atoms with Gasteiger partial charge in [-0.1, -0.05) is 0 Å². The molecule has 0 aliphatic heterocycles. The lowest BCUT2D eigenvalue weighted by Gasteiger charge is -2.49. The average Bonchev–Trinajstić information content (AvgIpc) is 1.98. The van der Waals surface area contributed by atoms with Gasteiger partial charge in [0.05, 0.1) is 0 Å². The van der Waals surface area contributed by atoms with Crippen LogP contribution in [0.25, 0.3) is 0 Å². The van der Waals surface area contributed by atoms with E-state index in [0.717, 1.165) is 0 Å². The van der Waals surface area contributed by atoms with E-state index in [4.69, 9.17) is 0 Å². The van der Waals surface area contributed by atoms with Crippen LogP contribution in [0.15, 0.2) is 0 Å². The Morgan fingerprint density at radius 3 is 1.14 bits per heavy atom. The minimum absolute atomic E-state index is 0.139. The molecule has 2 heteroatoms. The van der Waals surface area contributed by atoms with Gasteiger partial charge in [-0.2, -0.15) is 0 Å². The van der Waals surface area contributed by atoms with E-state index < -0.39 is 0 Å². The molecule has 80 valence electrons. The largest absolute Gasteiger partial charge is 0.288 e. The van der Waals surface area contributed by atoms with Crippen molar-refractivity contribution in [3.8, 4) is 0 Å². The van der Waals surface area contributed by atoms with Crippen molar-refractivity contribution >= 4 is 17.7 Å². The van der Waals surface area contributed by atoms with Gasteiger partial charge in [0.1, 0.15) is 0 Å². The van der Waals surface area contributed by atoms with Gasteiger partial charge in [-0.15, -0.1) is 12.6 Å². The van der Waals surface area contributed by atoms with Gasteiger partial charge >= 0.3 is 0 Å². The normalized spacial score (nSPS) is 43.0. The van der Waals surface area contributed by atoms with Crippen molar-refractivity contribution in [2.75, 3.05) is 0 Å². The quantitative estimate of drug-likeness (QED) is 0.610. The number of carbonyl (C=O) groups is 1. The van der Waals surface area contributed by atoms with Crippen LogP contribution in [0.5, 0.6) is 0 Å². The minimum Gasteiger partial charge on any atom is -0.288 e. The van der Waals surface area contributed by atoms with Crippen LogP contribution in [-0.4, -0.2) is 5.12 Å². The first-order chi connectivity index (χ1) is 6.63. The standard InChI is InChI=1S/C10H16.C2H4OS/c1-7-2-9-4-8(1)5-10(3-7)6-9;1-2(3)4/h7-10H,1-6H2;1H3,(H,3,4). The molecule has 14 heavy (non-hydrogen) atoms. The van der Waals surface area contributed by atoms with Gasteiger partial charge in [-0.25, -0.2) is 0 Å². The molecule has 0 amide bonds. The summed E-state index contributed by atoms with van der Waals surface area (Å²) in [6.07, 6.45) is 9.62. The summed E-state index contributed by atoms with van der Waals surface area (Å²) in [4.78, 5) is 9.31. The molecular formula is C12H20OS. The lowest BCUT2D eigenvalue weighted by molar-refractivity contribution is -0.108. The highest BCUT2D eigenvalue weighted by Crippen LogP contribution is 2.53. The first-order valence-corrected chi connectivity index (χ1v) is 6.27. The molecule has 4 rings (SSSR count). The topological polar surface area (TPSA) is 17.1 Å². The molecule has 4 aliphatic rings. The van der Waals surface area contributed by atoms with Crippen LogP contribution in [-0.2, 0) is 4.79 Å². The van der Waals surface area contributed by atoms with Crippen molar-refractivity contribution in [2.45, 2.75) is 45.4 Å². The van der Waals surface area contributed by atoms with E-state index in [9.17, 15) is 4.79 Å². The SMILES string of the molecule is C1C2CC3CC1CC(C2)C3.CC(=O)S. The van der Waals surface area contributed by atoms with Gasteiger partial charge < -0.3 is 0 Å². The number of hydrogen-bond acceptors (Lipinski definition) is 1. The van der Waals surface area contributed by atoms with Gasteiger partial charge in [0.15, 0.2) is 5.12 Å².